The zero-order chi connectivity index (χ0) is 55.6. The first-order chi connectivity index (χ1) is 35.4. The van der Waals surface area contributed by atoms with Gasteiger partial charge in [-0.25, -0.2) is 13.2 Å². The third kappa shape index (κ3) is 19.2. The van der Waals surface area contributed by atoms with Crippen LogP contribution in [0.25, 0.3) is 0 Å². The Labute approximate surface area is 447 Å². The summed E-state index contributed by atoms with van der Waals surface area (Å²) in [7, 11) is 1.43. The molecule has 0 aromatic rings. The van der Waals surface area contributed by atoms with Crippen molar-refractivity contribution in [2.24, 2.45) is 35.5 Å². The second kappa shape index (κ2) is 30.6. The zero-order valence-corrected chi connectivity index (χ0v) is 47.6. The summed E-state index contributed by atoms with van der Waals surface area (Å²) in [6, 6.07) is -1.18. The lowest BCUT2D eigenvalue weighted by atomic mass is 9.78. The predicted octanol–water partition coefficient (Wildman–Crippen LogP) is 6.66. The maximum atomic E-state index is 14.6. The number of aliphatic hydroxyl groups excluding tert-OH is 1. The van der Waals surface area contributed by atoms with Crippen molar-refractivity contribution in [3.63, 3.8) is 0 Å². The first-order valence-corrected chi connectivity index (χ1v) is 29.4. The number of carbonyl (C=O) groups excluding carboxylic acids is 5. The quantitative estimate of drug-likeness (QED) is 0.0803. The van der Waals surface area contributed by atoms with E-state index in [1.54, 1.807) is 48.0 Å². The average Bonchev–Trinajstić information content (AvgIpc) is 3.37. The minimum absolute atomic E-state index is 0.0103. The minimum atomic E-state index is -3.13. The van der Waals surface area contributed by atoms with Gasteiger partial charge in [-0.15, -0.1) is 0 Å². The molecule has 0 aromatic heterocycles. The molecule has 3 fully saturated rings. The van der Waals surface area contributed by atoms with Gasteiger partial charge in [0.1, 0.15) is 40.0 Å². The Balaban J connectivity index is 1.69. The number of sulfone groups is 1. The van der Waals surface area contributed by atoms with Gasteiger partial charge in [-0.1, -0.05) is 71.1 Å². The topological polar surface area (TPSA) is 228 Å². The van der Waals surface area contributed by atoms with Crippen molar-refractivity contribution in [2.45, 2.75) is 186 Å². The highest BCUT2D eigenvalue weighted by Gasteiger charge is 2.53. The lowest BCUT2D eigenvalue weighted by Crippen LogP contribution is -2.61. The molecule has 0 spiro atoms. The van der Waals surface area contributed by atoms with E-state index in [1.165, 1.54) is 18.3 Å². The number of rotatable bonds is 14. The molecule has 3 aliphatic heterocycles. The van der Waals surface area contributed by atoms with Crippen molar-refractivity contribution in [1.29, 1.82) is 0 Å². The van der Waals surface area contributed by atoms with Crippen LogP contribution in [0, 0.1) is 35.5 Å². The van der Waals surface area contributed by atoms with Crippen LogP contribution in [0.2, 0.25) is 0 Å². The molecule has 3 heterocycles. The van der Waals surface area contributed by atoms with Gasteiger partial charge >= 0.3 is 5.97 Å². The molecule has 2 saturated heterocycles. The van der Waals surface area contributed by atoms with Crippen LogP contribution in [-0.2, 0) is 67.0 Å². The van der Waals surface area contributed by atoms with Gasteiger partial charge in [-0.05, 0) is 113 Å². The summed E-state index contributed by atoms with van der Waals surface area (Å²) in [6.45, 7) is 13.6. The lowest BCUT2D eigenvalue weighted by molar-refractivity contribution is -0.266. The number of nitrogens with zero attached hydrogens (tertiary/aromatic N) is 1. The van der Waals surface area contributed by atoms with E-state index >= 15 is 0 Å². The molecular weight excluding hydrogens is 987 g/mol. The number of hydrogen-bond donors (Lipinski definition) is 2. The van der Waals surface area contributed by atoms with Crippen molar-refractivity contribution < 1.29 is 75.8 Å². The second-order valence-electron chi connectivity index (χ2n) is 22.0. The van der Waals surface area contributed by atoms with Crippen LogP contribution in [0.4, 0.5) is 0 Å². The number of allylic oxidation sites excluding steroid dienone is 6. The number of methoxy groups -OCH3 is 3. The molecule has 1 saturated carbocycles. The molecular formula is C57H91NO16S. The van der Waals surface area contributed by atoms with Crippen molar-refractivity contribution >= 4 is 39.1 Å². The standard InChI is InChI=1S/C57H91NO16S/c1-36-18-13-12-14-19-37(2)48(72-28-27-68-8)34-44-23-21-42(7)57(65,74-44)54(62)55(63)58-25-16-15-20-45(58)56(64)73-49(35-46(59)38(3)31-41(6)52(61)53(70-10)51(60)40(5)30-36)39(4)32-43-22-24-47(50(33-43)69-9)71-26-17-29-75(11,66)67/h12-14,18-19,31,36,38-40,42-45,47-50,52-53,61,65H,15-17,20-30,32-35H2,1-11H3/b14-12+,18-13+,37-19+,41-31+/t36-,38-,39-,40-,42-,43+,44+,45+,47-,48?,49+,50-,52-,53+,57-/m1/s1. The number of ketones is 3. The summed E-state index contributed by atoms with van der Waals surface area (Å²) < 4.78 is 65.0. The molecule has 426 valence electrons. The number of piperidine rings is 1. The molecule has 0 radical (unpaired) electrons. The van der Waals surface area contributed by atoms with Gasteiger partial charge in [0.25, 0.3) is 11.7 Å². The zero-order valence-electron chi connectivity index (χ0n) is 46.7. The van der Waals surface area contributed by atoms with E-state index < -0.39 is 87.6 Å². The first kappa shape index (κ1) is 64.1. The third-order valence-corrected chi connectivity index (χ3v) is 16.8. The molecule has 18 heteroatoms. The van der Waals surface area contributed by atoms with Crippen LogP contribution < -0.4 is 0 Å². The fourth-order valence-corrected chi connectivity index (χ4v) is 11.7. The van der Waals surface area contributed by atoms with Gasteiger partial charge in [0.15, 0.2) is 5.78 Å². The van der Waals surface area contributed by atoms with Gasteiger partial charge in [0.05, 0.1) is 43.4 Å². The van der Waals surface area contributed by atoms with Crippen molar-refractivity contribution in [2.75, 3.05) is 59.7 Å². The Morgan fingerprint density at radius 3 is 2.25 bits per heavy atom. The van der Waals surface area contributed by atoms with E-state index in [9.17, 15) is 42.6 Å². The van der Waals surface area contributed by atoms with E-state index in [0.717, 1.165) is 12.0 Å². The fraction of sp³-hybridized carbons (Fsp3) is 0.772. The Hall–Kier alpha value is -3.46. The Bertz CT molecular complexity index is 2120. The summed E-state index contributed by atoms with van der Waals surface area (Å²) in [4.78, 5) is 72.8. The van der Waals surface area contributed by atoms with E-state index in [4.69, 9.17) is 33.2 Å². The molecule has 2 N–H and O–H groups in total. The summed E-state index contributed by atoms with van der Waals surface area (Å²) in [5.41, 5.74) is 1.22. The Morgan fingerprint density at radius 1 is 0.840 bits per heavy atom. The van der Waals surface area contributed by atoms with Crippen LogP contribution in [-0.4, -0.2) is 167 Å². The molecule has 1 unspecified atom stereocenters. The van der Waals surface area contributed by atoms with Crippen molar-refractivity contribution in [3.8, 4) is 0 Å². The molecule has 4 aliphatic rings. The number of fused-ring (bicyclic) bond motifs is 3. The number of ether oxygens (including phenoxy) is 7. The number of cyclic esters (lactones) is 1. The van der Waals surface area contributed by atoms with Crippen LogP contribution >= 0.6 is 0 Å². The Kier molecular flexibility index (Phi) is 26.2. The van der Waals surface area contributed by atoms with Gasteiger partial charge in [-0.3, -0.25) is 19.2 Å². The van der Waals surface area contributed by atoms with Crippen LogP contribution in [0.15, 0.2) is 47.6 Å². The second-order valence-corrected chi connectivity index (χ2v) is 24.3. The fourth-order valence-electron chi connectivity index (χ4n) is 11.0. The smallest absolute Gasteiger partial charge is 0.329 e. The summed E-state index contributed by atoms with van der Waals surface area (Å²) in [5, 5.41) is 23.7. The highest BCUT2D eigenvalue weighted by atomic mass is 32.2. The van der Waals surface area contributed by atoms with Gasteiger partial charge in [0, 0.05) is 71.3 Å². The average molecular weight is 1080 g/mol. The number of hydrogen-bond acceptors (Lipinski definition) is 16. The summed E-state index contributed by atoms with van der Waals surface area (Å²) in [5.74, 6) is -8.30. The molecule has 2 bridgehead atoms. The molecule has 15 atom stereocenters. The molecule has 0 aromatic carbocycles. The number of esters is 1. The van der Waals surface area contributed by atoms with Crippen LogP contribution in [0.1, 0.15) is 132 Å². The maximum absolute atomic E-state index is 14.6. The highest BCUT2D eigenvalue weighted by Crippen LogP contribution is 2.38. The maximum Gasteiger partial charge on any atom is 0.329 e. The van der Waals surface area contributed by atoms with Gasteiger partial charge < -0.3 is 48.3 Å². The van der Waals surface area contributed by atoms with E-state index in [2.05, 4.69) is 0 Å². The van der Waals surface area contributed by atoms with Crippen molar-refractivity contribution in [1.82, 2.24) is 4.90 Å². The number of amides is 1. The normalized spacial score (nSPS) is 36.8. The lowest BCUT2D eigenvalue weighted by Gasteiger charge is -2.43. The molecule has 4 rings (SSSR count). The predicted molar refractivity (Wildman–Crippen MR) is 284 cm³/mol. The molecule has 1 amide bonds. The first-order valence-electron chi connectivity index (χ1n) is 27.3. The summed E-state index contributed by atoms with van der Waals surface area (Å²) >= 11 is 0. The minimum Gasteiger partial charge on any atom is -0.460 e. The number of carbonyl (C=O) groups is 5. The SMILES string of the molecule is COCCOC1C[C@@H]2CC[C@@H](C)[C@@](O)(O2)C(=O)C(=O)N2CCCC[C@H]2C(=O)O[C@H]([C@H](C)C[C@@H]2CC[C@@H](OCCCS(C)(=O)=O)[C@H](OC)C2)CC(=O)[C@H](C)/C=C(\C)[C@@H](O)[C@@H](OC)C(=O)[C@H](C)C[C@H](C)/C=C/C=C/C=C/1C. The van der Waals surface area contributed by atoms with Gasteiger partial charge in [0.2, 0.25) is 5.79 Å². The van der Waals surface area contributed by atoms with Crippen LogP contribution in [0.3, 0.4) is 0 Å². The van der Waals surface area contributed by atoms with E-state index in [0.29, 0.717) is 70.0 Å². The molecule has 1 aliphatic carbocycles. The van der Waals surface area contributed by atoms with Gasteiger partial charge in [-0.2, -0.15) is 0 Å². The van der Waals surface area contributed by atoms with E-state index in [1.807, 2.05) is 51.2 Å². The number of aliphatic hydroxyl groups is 2. The monoisotopic (exact) mass is 1080 g/mol. The molecule has 17 nitrogen and oxygen atoms in total. The molecule has 75 heavy (non-hydrogen) atoms. The van der Waals surface area contributed by atoms with Crippen molar-refractivity contribution in [3.05, 3.63) is 47.6 Å². The summed E-state index contributed by atoms with van der Waals surface area (Å²) in [6.07, 6.45) is 12.8. The largest absolute Gasteiger partial charge is 0.460 e. The van der Waals surface area contributed by atoms with E-state index in [-0.39, 0.29) is 86.3 Å². The van der Waals surface area contributed by atoms with Crippen LogP contribution in [0.5, 0.6) is 0 Å². The number of Topliss-reactive ketones (excluding diaryl/α,β-unsaturated/α-hetero) is 3. The third-order valence-electron chi connectivity index (χ3n) is 15.8. The highest BCUT2D eigenvalue weighted by molar-refractivity contribution is 7.90. The Morgan fingerprint density at radius 2 is 1.57 bits per heavy atom.